The quantitative estimate of drug-likeness (QED) is 0.641. The summed E-state index contributed by atoms with van der Waals surface area (Å²) in [6.45, 7) is 0. The summed E-state index contributed by atoms with van der Waals surface area (Å²) >= 11 is 5.88. The Bertz CT molecular complexity index is 711. The van der Waals surface area contributed by atoms with Crippen molar-refractivity contribution in [1.29, 1.82) is 0 Å². The molecule has 2 rings (SSSR count). The Morgan fingerprint density at radius 1 is 1.12 bits per heavy atom. The minimum atomic E-state index is -0.484. The van der Waals surface area contributed by atoms with E-state index >= 15 is 0 Å². The highest BCUT2D eigenvalue weighted by molar-refractivity contribution is 6.30. The Morgan fingerprint density at radius 3 is 2.42 bits per heavy atom. The molecule has 2 aromatic rings. The minimum Gasteiger partial charge on any atom is -0.469 e. The first kappa shape index (κ1) is 17.8. The van der Waals surface area contributed by atoms with E-state index in [1.54, 1.807) is 30.3 Å². The lowest BCUT2D eigenvalue weighted by Gasteiger charge is -2.17. The number of halogens is 1. The van der Waals surface area contributed by atoms with E-state index in [1.165, 1.54) is 13.2 Å². The lowest BCUT2D eigenvalue weighted by molar-refractivity contribution is -0.141. The number of benzene rings is 2. The van der Waals surface area contributed by atoms with Crippen LogP contribution in [0.15, 0.2) is 60.7 Å². The molecule has 1 unspecified atom stereocenters. The number of esters is 1. The summed E-state index contributed by atoms with van der Waals surface area (Å²) in [4.78, 5) is 23.8. The van der Waals surface area contributed by atoms with Crippen LogP contribution in [0.4, 0.5) is 0 Å². The van der Waals surface area contributed by atoms with Crippen LogP contribution in [0.2, 0.25) is 5.02 Å². The maximum absolute atomic E-state index is 12.2. The lowest BCUT2D eigenvalue weighted by Crippen LogP contribution is -2.29. The minimum absolute atomic E-state index is 0.0447. The molecule has 0 saturated carbocycles. The van der Waals surface area contributed by atoms with E-state index in [9.17, 15) is 9.59 Å². The molecule has 0 radical (unpaired) electrons. The van der Waals surface area contributed by atoms with Crippen LogP contribution in [0.1, 0.15) is 23.6 Å². The average Bonchev–Trinajstić information content (AvgIpc) is 2.61. The van der Waals surface area contributed by atoms with E-state index in [4.69, 9.17) is 16.3 Å². The molecule has 124 valence electrons. The average molecular weight is 344 g/mol. The molecule has 2 aromatic carbocycles. The number of rotatable bonds is 6. The molecular formula is C19H18ClNO3. The zero-order chi connectivity index (χ0) is 17.4. The molecule has 4 nitrogen and oxygen atoms in total. The summed E-state index contributed by atoms with van der Waals surface area (Å²) in [5.41, 5.74) is 1.70. The summed E-state index contributed by atoms with van der Waals surface area (Å²) in [5.74, 6) is -0.690. The van der Waals surface area contributed by atoms with Gasteiger partial charge in [0.05, 0.1) is 19.6 Å². The maximum Gasteiger partial charge on any atom is 0.307 e. The normalized spacial score (nSPS) is 11.9. The van der Waals surface area contributed by atoms with Crippen LogP contribution < -0.4 is 5.32 Å². The van der Waals surface area contributed by atoms with Gasteiger partial charge in [-0.1, -0.05) is 54.1 Å². The molecule has 0 aliphatic heterocycles. The highest BCUT2D eigenvalue weighted by Crippen LogP contribution is 2.20. The van der Waals surface area contributed by atoms with Crippen molar-refractivity contribution >= 4 is 29.6 Å². The van der Waals surface area contributed by atoms with Crippen LogP contribution in [-0.2, 0) is 14.3 Å². The van der Waals surface area contributed by atoms with Gasteiger partial charge < -0.3 is 10.1 Å². The predicted molar refractivity (Wildman–Crippen MR) is 94.4 cm³/mol. The van der Waals surface area contributed by atoms with Gasteiger partial charge in [-0.2, -0.15) is 0 Å². The van der Waals surface area contributed by atoms with Crippen molar-refractivity contribution in [2.45, 2.75) is 12.5 Å². The molecule has 0 saturated heterocycles. The van der Waals surface area contributed by atoms with Crippen LogP contribution in [0, 0.1) is 0 Å². The third kappa shape index (κ3) is 5.56. The Balaban J connectivity index is 2.09. The van der Waals surface area contributed by atoms with Crippen molar-refractivity contribution in [2.75, 3.05) is 7.11 Å². The molecule has 0 aromatic heterocycles. The number of nitrogens with one attached hydrogen (secondary N) is 1. The van der Waals surface area contributed by atoms with E-state index in [2.05, 4.69) is 5.32 Å². The van der Waals surface area contributed by atoms with Gasteiger partial charge in [0, 0.05) is 11.1 Å². The van der Waals surface area contributed by atoms with Gasteiger partial charge in [0.15, 0.2) is 0 Å². The maximum atomic E-state index is 12.2. The second-order valence-electron chi connectivity index (χ2n) is 5.14. The molecule has 0 aliphatic carbocycles. The Kier molecular flexibility index (Phi) is 6.58. The van der Waals surface area contributed by atoms with Crippen molar-refractivity contribution in [3.8, 4) is 0 Å². The molecule has 1 amide bonds. The van der Waals surface area contributed by atoms with Crippen molar-refractivity contribution in [1.82, 2.24) is 5.32 Å². The summed E-state index contributed by atoms with van der Waals surface area (Å²) in [6.07, 6.45) is 3.20. The van der Waals surface area contributed by atoms with Gasteiger partial charge >= 0.3 is 5.97 Å². The molecule has 0 aliphatic rings. The smallest absolute Gasteiger partial charge is 0.307 e. The van der Waals surface area contributed by atoms with E-state index in [1.807, 2.05) is 30.3 Å². The van der Waals surface area contributed by atoms with Crippen LogP contribution in [0.5, 0.6) is 0 Å². The van der Waals surface area contributed by atoms with Gasteiger partial charge in [-0.25, -0.2) is 0 Å². The number of carbonyl (C=O) groups is 2. The van der Waals surface area contributed by atoms with Crippen LogP contribution in [0.3, 0.4) is 0 Å². The number of hydrogen-bond donors (Lipinski definition) is 1. The van der Waals surface area contributed by atoms with Gasteiger partial charge in [0.2, 0.25) is 5.91 Å². The zero-order valence-electron chi connectivity index (χ0n) is 13.2. The second-order valence-corrected chi connectivity index (χ2v) is 5.57. The van der Waals surface area contributed by atoms with Crippen molar-refractivity contribution in [3.63, 3.8) is 0 Å². The van der Waals surface area contributed by atoms with E-state index in [0.29, 0.717) is 5.02 Å². The fraction of sp³-hybridized carbons (Fsp3) is 0.158. The Hall–Kier alpha value is -2.59. The zero-order valence-corrected chi connectivity index (χ0v) is 14.0. The van der Waals surface area contributed by atoms with Gasteiger partial charge in [-0.15, -0.1) is 0 Å². The largest absolute Gasteiger partial charge is 0.469 e. The summed E-state index contributed by atoms with van der Waals surface area (Å²) in [7, 11) is 1.32. The number of amides is 1. The summed E-state index contributed by atoms with van der Waals surface area (Å²) < 4.78 is 4.70. The predicted octanol–water partition coefficient (Wildman–Crippen LogP) is 3.77. The molecule has 1 atom stereocenters. The van der Waals surface area contributed by atoms with Gasteiger partial charge in [-0.05, 0) is 29.3 Å². The summed E-state index contributed by atoms with van der Waals surface area (Å²) in [5, 5.41) is 3.41. The Labute approximate surface area is 146 Å². The van der Waals surface area contributed by atoms with Crippen molar-refractivity contribution < 1.29 is 14.3 Å². The second kappa shape index (κ2) is 8.89. The van der Waals surface area contributed by atoms with Crippen LogP contribution in [-0.4, -0.2) is 19.0 Å². The fourth-order valence-electron chi connectivity index (χ4n) is 2.15. The third-order valence-corrected chi connectivity index (χ3v) is 3.67. The van der Waals surface area contributed by atoms with E-state index in [0.717, 1.165) is 11.1 Å². The van der Waals surface area contributed by atoms with Crippen molar-refractivity contribution in [3.05, 3.63) is 76.8 Å². The first-order valence-corrected chi connectivity index (χ1v) is 7.82. The first-order valence-electron chi connectivity index (χ1n) is 7.44. The molecular weight excluding hydrogens is 326 g/mol. The number of ether oxygens (including phenoxy) is 1. The number of methoxy groups -OCH3 is 1. The fourth-order valence-corrected chi connectivity index (χ4v) is 2.28. The van der Waals surface area contributed by atoms with E-state index in [-0.39, 0.29) is 12.3 Å². The number of carbonyl (C=O) groups excluding carboxylic acids is 2. The van der Waals surface area contributed by atoms with Crippen molar-refractivity contribution in [2.24, 2.45) is 0 Å². The molecule has 0 bridgehead atoms. The van der Waals surface area contributed by atoms with Crippen LogP contribution in [0.25, 0.3) is 6.08 Å². The standard InChI is InChI=1S/C19H18ClNO3/c1-24-19(23)13-17(15-8-10-16(20)11-9-15)21-18(22)12-7-14-5-3-2-4-6-14/h2-12,17H,13H2,1H3,(H,21,22)/b12-7+. The SMILES string of the molecule is COC(=O)CC(NC(=O)/C=C/c1ccccc1)c1ccc(Cl)cc1. The molecule has 5 heteroatoms. The molecule has 1 N–H and O–H groups in total. The summed E-state index contributed by atoms with van der Waals surface area (Å²) in [6, 6.07) is 16.0. The Morgan fingerprint density at radius 2 is 1.79 bits per heavy atom. The van der Waals surface area contributed by atoms with Gasteiger partial charge in [0.25, 0.3) is 0 Å². The molecule has 24 heavy (non-hydrogen) atoms. The van der Waals surface area contributed by atoms with Crippen LogP contribution >= 0.6 is 11.6 Å². The molecule has 0 spiro atoms. The highest BCUT2D eigenvalue weighted by Gasteiger charge is 2.18. The monoisotopic (exact) mass is 343 g/mol. The van der Waals surface area contributed by atoms with E-state index < -0.39 is 12.0 Å². The number of hydrogen-bond acceptors (Lipinski definition) is 3. The van der Waals surface area contributed by atoms with Gasteiger partial charge in [-0.3, -0.25) is 9.59 Å². The topological polar surface area (TPSA) is 55.4 Å². The lowest BCUT2D eigenvalue weighted by atomic mass is 10.0. The first-order chi connectivity index (χ1) is 11.6. The highest BCUT2D eigenvalue weighted by atomic mass is 35.5. The molecule has 0 heterocycles. The molecule has 0 fully saturated rings. The van der Waals surface area contributed by atoms with Gasteiger partial charge in [0.1, 0.15) is 0 Å². The third-order valence-electron chi connectivity index (χ3n) is 3.41.